The highest BCUT2D eigenvalue weighted by Crippen LogP contribution is 2.29. The Morgan fingerprint density at radius 3 is 2.78 bits per heavy atom. The summed E-state index contributed by atoms with van der Waals surface area (Å²) in [7, 11) is 0. The molecule has 0 radical (unpaired) electrons. The summed E-state index contributed by atoms with van der Waals surface area (Å²) in [6.45, 7) is 5.31. The van der Waals surface area contributed by atoms with E-state index in [1.54, 1.807) is 11.5 Å². The van der Waals surface area contributed by atoms with E-state index in [1.165, 1.54) is 21.2 Å². The van der Waals surface area contributed by atoms with E-state index in [-0.39, 0.29) is 0 Å². The first-order valence-electron chi connectivity index (χ1n) is 9.35. The molecule has 0 atom stereocenters. The van der Waals surface area contributed by atoms with E-state index in [2.05, 4.69) is 51.2 Å². The number of H-pyrrole nitrogens is 1. The lowest BCUT2D eigenvalue weighted by atomic mass is 10.2. The Kier molecular flexibility index (Phi) is 4.52. The minimum Gasteiger partial charge on any atom is -0.358 e. The quantitative estimate of drug-likeness (QED) is 0.538. The average Bonchev–Trinajstić information content (AvgIpc) is 3.30. The van der Waals surface area contributed by atoms with Crippen molar-refractivity contribution >= 4 is 49.9 Å². The zero-order valence-corrected chi connectivity index (χ0v) is 16.6. The van der Waals surface area contributed by atoms with Crippen LogP contribution in [-0.4, -0.2) is 47.0 Å². The van der Waals surface area contributed by atoms with Crippen LogP contribution >= 0.6 is 23.1 Å². The van der Waals surface area contributed by atoms with Crippen molar-refractivity contribution in [3.8, 4) is 0 Å². The summed E-state index contributed by atoms with van der Waals surface area (Å²) >= 11 is 7.68. The van der Waals surface area contributed by atoms with Crippen LogP contribution in [0.5, 0.6) is 0 Å². The van der Waals surface area contributed by atoms with Gasteiger partial charge in [-0.05, 0) is 47.3 Å². The topological polar surface area (TPSA) is 35.2 Å². The second-order valence-electron chi connectivity index (χ2n) is 7.11. The summed E-state index contributed by atoms with van der Waals surface area (Å²) in [4.78, 5) is 8.47. The molecule has 1 fully saturated rings. The first-order chi connectivity index (χ1) is 13.3. The molecule has 5 rings (SSSR count). The molecule has 1 N–H and O–H groups in total. The van der Waals surface area contributed by atoms with Crippen LogP contribution in [-0.2, 0) is 6.42 Å². The molecule has 0 bridgehead atoms. The fourth-order valence-corrected chi connectivity index (χ4v) is 4.82. The summed E-state index contributed by atoms with van der Waals surface area (Å²) in [6.07, 6.45) is 1.03. The van der Waals surface area contributed by atoms with E-state index in [1.807, 2.05) is 12.1 Å². The molecular weight excluding hydrogens is 376 g/mol. The Bertz CT molecular complexity index is 1080. The smallest absolute Gasteiger partial charge is 0.150 e. The summed E-state index contributed by atoms with van der Waals surface area (Å²) in [5.41, 5.74) is 2.40. The number of aromatic amines is 1. The fraction of sp³-hybridized carbons (Fsp3) is 0.286. The lowest BCUT2D eigenvalue weighted by molar-refractivity contribution is 0.260. The molecular formula is C21H21ClN4S. The lowest BCUT2D eigenvalue weighted by Gasteiger charge is -2.35. The first-order valence-corrected chi connectivity index (χ1v) is 10.5. The third-order valence-corrected chi connectivity index (χ3v) is 6.42. The monoisotopic (exact) mass is 396 g/mol. The molecule has 138 valence electrons. The van der Waals surface area contributed by atoms with Crippen molar-refractivity contribution < 1.29 is 0 Å². The Morgan fingerprint density at radius 1 is 1.04 bits per heavy atom. The van der Waals surface area contributed by atoms with Gasteiger partial charge in [-0.3, -0.25) is 4.90 Å². The predicted octanol–water partition coefficient (Wildman–Crippen LogP) is 4.80. The third kappa shape index (κ3) is 3.43. The Labute approximate surface area is 167 Å². The number of anilines is 1. The van der Waals surface area contributed by atoms with Gasteiger partial charge in [-0.25, -0.2) is 0 Å². The second-order valence-corrected chi connectivity index (χ2v) is 8.35. The number of aromatic nitrogens is 2. The van der Waals surface area contributed by atoms with Crippen molar-refractivity contribution in [2.45, 2.75) is 6.42 Å². The number of hydrogen-bond donors (Lipinski definition) is 1. The van der Waals surface area contributed by atoms with Crippen molar-refractivity contribution in [3.63, 3.8) is 0 Å². The number of halogens is 1. The van der Waals surface area contributed by atoms with Gasteiger partial charge in [-0.1, -0.05) is 29.8 Å². The molecule has 2 aromatic heterocycles. The molecule has 1 aliphatic rings. The second kappa shape index (κ2) is 7.15. The molecule has 4 aromatic rings. The van der Waals surface area contributed by atoms with Crippen molar-refractivity contribution in [2.75, 3.05) is 37.6 Å². The Balaban J connectivity index is 1.20. The molecule has 1 aliphatic heterocycles. The van der Waals surface area contributed by atoms with Crippen molar-refractivity contribution in [3.05, 3.63) is 59.2 Å². The van der Waals surface area contributed by atoms with Gasteiger partial charge >= 0.3 is 0 Å². The first kappa shape index (κ1) is 17.0. The van der Waals surface area contributed by atoms with Crippen LogP contribution in [0.15, 0.2) is 48.5 Å². The molecule has 27 heavy (non-hydrogen) atoms. The van der Waals surface area contributed by atoms with Crippen molar-refractivity contribution in [2.24, 2.45) is 0 Å². The Morgan fingerprint density at radius 2 is 1.89 bits per heavy atom. The van der Waals surface area contributed by atoms with Crippen molar-refractivity contribution in [1.29, 1.82) is 0 Å². The molecule has 0 aliphatic carbocycles. The number of piperazine rings is 1. The minimum absolute atomic E-state index is 0.779. The highest BCUT2D eigenvalue weighted by atomic mass is 35.5. The number of nitrogens with one attached hydrogen (secondary N) is 1. The molecule has 0 saturated carbocycles. The molecule has 0 amide bonds. The molecule has 2 aromatic carbocycles. The maximum Gasteiger partial charge on any atom is 0.150 e. The van der Waals surface area contributed by atoms with Crippen LogP contribution < -0.4 is 4.90 Å². The average molecular weight is 397 g/mol. The maximum atomic E-state index is 6.08. The van der Waals surface area contributed by atoms with Crippen LogP contribution in [0.25, 0.3) is 21.0 Å². The number of fused-ring (bicyclic) bond motifs is 2. The zero-order chi connectivity index (χ0) is 18.2. The number of benzene rings is 2. The predicted molar refractivity (Wildman–Crippen MR) is 115 cm³/mol. The van der Waals surface area contributed by atoms with Gasteiger partial charge in [0.1, 0.15) is 5.82 Å². The zero-order valence-electron chi connectivity index (χ0n) is 15.0. The van der Waals surface area contributed by atoms with Gasteiger partial charge in [-0.15, -0.1) is 0 Å². The number of nitrogens with zero attached hydrogens (tertiary/aromatic N) is 3. The van der Waals surface area contributed by atoms with Crippen LogP contribution in [0.3, 0.4) is 0 Å². The standard InChI is InChI=1S/C21H21ClN4S/c22-16-6-5-15-13-17(23-19(15)14-16)7-8-25-9-11-26(12-10-25)21-18-3-1-2-4-20(18)27-24-21/h1-6,13-14,23H,7-12H2. The van der Waals surface area contributed by atoms with Gasteiger partial charge in [0, 0.05) is 60.8 Å². The van der Waals surface area contributed by atoms with Gasteiger partial charge in [0.2, 0.25) is 0 Å². The summed E-state index contributed by atoms with van der Waals surface area (Å²) < 4.78 is 5.97. The van der Waals surface area contributed by atoms with E-state index >= 15 is 0 Å². The number of hydrogen-bond acceptors (Lipinski definition) is 4. The van der Waals surface area contributed by atoms with Gasteiger partial charge < -0.3 is 9.88 Å². The van der Waals surface area contributed by atoms with E-state index in [4.69, 9.17) is 16.0 Å². The van der Waals surface area contributed by atoms with E-state index in [0.29, 0.717) is 0 Å². The normalized spacial score (nSPS) is 15.8. The summed E-state index contributed by atoms with van der Waals surface area (Å²) in [5.74, 6) is 1.16. The molecule has 0 spiro atoms. The van der Waals surface area contributed by atoms with Crippen LogP contribution in [0, 0.1) is 0 Å². The molecule has 1 saturated heterocycles. The summed E-state index contributed by atoms with van der Waals surface area (Å²) in [6, 6.07) is 16.8. The van der Waals surface area contributed by atoms with Crippen LogP contribution in [0.4, 0.5) is 5.82 Å². The summed E-state index contributed by atoms with van der Waals surface area (Å²) in [5, 5.41) is 3.30. The number of rotatable bonds is 4. The largest absolute Gasteiger partial charge is 0.358 e. The molecule has 3 heterocycles. The third-order valence-electron chi connectivity index (χ3n) is 5.37. The van der Waals surface area contributed by atoms with Crippen LogP contribution in [0.2, 0.25) is 5.02 Å². The molecule has 6 heteroatoms. The van der Waals surface area contributed by atoms with Crippen LogP contribution in [0.1, 0.15) is 5.69 Å². The van der Waals surface area contributed by atoms with Gasteiger partial charge in [0.15, 0.2) is 0 Å². The SMILES string of the molecule is Clc1ccc2cc(CCN3CCN(c4nsc5ccccc45)CC3)[nH]c2c1. The minimum atomic E-state index is 0.779. The highest BCUT2D eigenvalue weighted by Gasteiger charge is 2.20. The van der Waals surface area contributed by atoms with Gasteiger partial charge in [0.25, 0.3) is 0 Å². The van der Waals surface area contributed by atoms with E-state index in [0.717, 1.165) is 55.5 Å². The molecule has 0 unspecified atom stereocenters. The fourth-order valence-electron chi connectivity index (χ4n) is 3.86. The highest BCUT2D eigenvalue weighted by molar-refractivity contribution is 7.13. The van der Waals surface area contributed by atoms with E-state index in [9.17, 15) is 0 Å². The van der Waals surface area contributed by atoms with Crippen molar-refractivity contribution in [1.82, 2.24) is 14.3 Å². The van der Waals surface area contributed by atoms with Gasteiger partial charge in [-0.2, -0.15) is 4.37 Å². The molecule has 4 nitrogen and oxygen atoms in total. The van der Waals surface area contributed by atoms with E-state index < -0.39 is 0 Å². The van der Waals surface area contributed by atoms with Gasteiger partial charge in [0.05, 0.1) is 4.70 Å². The maximum absolute atomic E-state index is 6.08. The lowest BCUT2D eigenvalue weighted by Crippen LogP contribution is -2.47. The Hall–Kier alpha value is -2.08.